The maximum atomic E-state index is 10.9. The Balaban J connectivity index is 3.21. The molecule has 0 fully saturated rings. The van der Waals surface area contributed by atoms with Gasteiger partial charge in [0.15, 0.2) is 0 Å². The van der Waals surface area contributed by atoms with Crippen LogP contribution in [0.25, 0.3) is 0 Å². The van der Waals surface area contributed by atoms with E-state index >= 15 is 0 Å². The highest BCUT2D eigenvalue weighted by molar-refractivity contribution is 9.10. The summed E-state index contributed by atoms with van der Waals surface area (Å²) in [4.78, 5) is 10.9. The molecule has 0 unspecified atom stereocenters. The van der Waals surface area contributed by atoms with E-state index in [1.807, 2.05) is 0 Å². The summed E-state index contributed by atoms with van der Waals surface area (Å²) in [6.07, 6.45) is 1.74. The smallest absolute Gasteiger partial charge is 0.315 e. The fourth-order valence-corrected chi connectivity index (χ4v) is 1.86. The first-order valence-corrected chi connectivity index (χ1v) is 4.58. The Morgan fingerprint density at radius 3 is 2.54 bits per heavy atom. The molecule has 1 heterocycles. The van der Waals surface area contributed by atoms with E-state index < -0.39 is 11.4 Å². The molecule has 5 heteroatoms. The highest BCUT2D eigenvalue weighted by Crippen LogP contribution is 2.28. The van der Waals surface area contributed by atoms with E-state index in [0.717, 1.165) is 4.47 Å². The predicted octanol–water partition coefficient (Wildman–Crippen LogP) is 1.54. The number of rotatable bonds is 2. The Kier molecular flexibility index (Phi) is 2.47. The average Bonchev–Trinajstić information content (AvgIpc) is 2.30. The summed E-state index contributed by atoms with van der Waals surface area (Å²) in [6.45, 7) is 3.25. The number of carbonyl (C=O) groups is 1. The van der Waals surface area contributed by atoms with E-state index in [0.29, 0.717) is 5.69 Å². The quantitative estimate of drug-likeness (QED) is 0.862. The zero-order chi connectivity index (χ0) is 10.2. The van der Waals surface area contributed by atoms with Crippen molar-refractivity contribution in [1.29, 1.82) is 0 Å². The van der Waals surface area contributed by atoms with Gasteiger partial charge in [-0.15, -0.1) is 0 Å². The molecule has 0 amide bonds. The zero-order valence-electron chi connectivity index (χ0n) is 7.71. The minimum Gasteiger partial charge on any atom is -0.481 e. The van der Waals surface area contributed by atoms with Crippen molar-refractivity contribution < 1.29 is 9.90 Å². The van der Waals surface area contributed by atoms with E-state index in [4.69, 9.17) is 5.11 Å². The molecule has 13 heavy (non-hydrogen) atoms. The Morgan fingerprint density at radius 2 is 2.23 bits per heavy atom. The van der Waals surface area contributed by atoms with Crippen molar-refractivity contribution in [2.75, 3.05) is 0 Å². The van der Waals surface area contributed by atoms with Gasteiger partial charge in [-0.1, -0.05) is 0 Å². The van der Waals surface area contributed by atoms with Crippen LogP contribution in [0.2, 0.25) is 0 Å². The largest absolute Gasteiger partial charge is 0.481 e. The molecule has 0 bridgehead atoms. The van der Waals surface area contributed by atoms with Gasteiger partial charge in [-0.25, -0.2) is 0 Å². The summed E-state index contributed by atoms with van der Waals surface area (Å²) in [7, 11) is 1.76. The maximum absolute atomic E-state index is 10.9. The van der Waals surface area contributed by atoms with Crippen molar-refractivity contribution in [3.63, 3.8) is 0 Å². The normalized spacial score (nSPS) is 11.7. The second kappa shape index (κ2) is 3.14. The molecule has 0 aliphatic heterocycles. The molecule has 0 saturated carbocycles. The van der Waals surface area contributed by atoms with Crippen molar-refractivity contribution in [2.24, 2.45) is 7.05 Å². The second-order valence-electron chi connectivity index (χ2n) is 3.43. The number of carboxylic acid groups (broad SMARTS) is 1. The summed E-state index contributed by atoms with van der Waals surface area (Å²) in [5, 5.41) is 13.1. The van der Waals surface area contributed by atoms with Crippen LogP contribution >= 0.6 is 15.9 Å². The molecule has 0 spiro atoms. The van der Waals surface area contributed by atoms with Gasteiger partial charge in [0.2, 0.25) is 0 Å². The number of aromatic nitrogens is 2. The number of aryl methyl sites for hydroxylation is 1. The highest BCUT2D eigenvalue weighted by Gasteiger charge is 2.34. The van der Waals surface area contributed by atoms with Gasteiger partial charge in [-0.05, 0) is 29.8 Å². The van der Waals surface area contributed by atoms with E-state index in [9.17, 15) is 4.79 Å². The third kappa shape index (κ3) is 1.75. The van der Waals surface area contributed by atoms with Gasteiger partial charge in [-0.2, -0.15) is 5.10 Å². The van der Waals surface area contributed by atoms with Crippen molar-refractivity contribution in [3.05, 3.63) is 16.4 Å². The van der Waals surface area contributed by atoms with Gasteiger partial charge < -0.3 is 5.11 Å². The standard InChI is InChI=1S/C8H11BrN2O2/c1-8(2,7(12)13)6-5(9)4-11(3)10-6/h4H,1-3H3,(H,12,13). The number of aliphatic carboxylic acids is 1. The summed E-state index contributed by atoms with van der Waals surface area (Å²) in [5.41, 5.74) is -0.414. The molecule has 0 radical (unpaired) electrons. The van der Waals surface area contributed by atoms with Crippen LogP contribution in [0.15, 0.2) is 10.7 Å². The van der Waals surface area contributed by atoms with E-state index in [-0.39, 0.29) is 0 Å². The van der Waals surface area contributed by atoms with Crippen LogP contribution in [0, 0.1) is 0 Å². The van der Waals surface area contributed by atoms with Gasteiger partial charge in [0.1, 0.15) is 5.41 Å². The molecule has 0 saturated heterocycles. The van der Waals surface area contributed by atoms with Gasteiger partial charge in [0.25, 0.3) is 0 Å². The lowest BCUT2D eigenvalue weighted by Crippen LogP contribution is -2.29. The Bertz CT molecular complexity index is 344. The molecule has 1 rings (SSSR count). The molecular formula is C8H11BrN2O2. The third-order valence-electron chi connectivity index (χ3n) is 1.91. The molecule has 1 N–H and O–H groups in total. The topological polar surface area (TPSA) is 55.1 Å². The van der Waals surface area contributed by atoms with Crippen molar-refractivity contribution in [2.45, 2.75) is 19.3 Å². The number of carboxylic acids is 1. The minimum atomic E-state index is -0.958. The number of nitrogens with zero attached hydrogens (tertiary/aromatic N) is 2. The monoisotopic (exact) mass is 246 g/mol. The van der Waals surface area contributed by atoms with E-state index in [1.165, 1.54) is 0 Å². The molecule has 1 aromatic heterocycles. The van der Waals surface area contributed by atoms with E-state index in [2.05, 4.69) is 21.0 Å². The summed E-state index contributed by atoms with van der Waals surface area (Å²) >= 11 is 3.27. The number of hydrogen-bond acceptors (Lipinski definition) is 2. The predicted molar refractivity (Wildman–Crippen MR) is 51.6 cm³/mol. The first-order chi connectivity index (χ1) is 5.85. The molecule has 1 aromatic rings. The van der Waals surface area contributed by atoms with Gasteiger partial charge in [-0.3, -0.25) is 9.48 Å². The van der Waals surface area contributed by atoms with Crippen molar-refractivity contribution in [3.8, 4) is 0 Å². The molecule has 0 aliphatic carbocycles. The molecule has 72 valence electrons. The van der Waals surface area contributed by atoms with Crippen LogP contribution in [0.4, 0.5) is 0 Å². The maximum Gasteiger partial charge on any atom is 0.315 e. The van der Waals surface area contributed by atoms with Crippen LogP contribution in [-0.4, -0.2) is 20.9 Å². The Labute approximate surface area is 84.7 Å². The van der Waals surface area contributed by atoms with Crippen LogP contribution in [0.1, 0.15) is 19.5 Å². The van der Waals surface area contributed by atoms with Gasteiger partial charge in [0.05, 0.1) is 10.2 Å². The average molecular weight is 247 g/mol. The molecule has 0 aliphatic rings. The Hall–Kier alpha value is -0.840. The fourth-order valence-electron chi connectivity index (χ4n) is 0.984. The van der Waals surface area contributed by atoms with Crippen molar-refractivity contribution >= 4 is 21.9 Å². The first kappa shape index (κ1) is 10.2. The fraction of sp³-hybridized carbons (Fsp3) is 0.500. The summed E-state index contributed by atoms with van der Waals surface area (Å²) in [5.74, 6) is -0.883. The van der Waals surface area contributed by atoms with Crippen LogP contribution in [0.3, 0.4) is 0 Å². The SMILES string of the molecule is Cn1cc(Br)c(C(C)(C)C(=O)O)n1. The second-order valence-corrected chi connectivity index (χ2v) is 4.28. The van der Waals surface area contributed by atoms with Crippen LogP contribution in [-0.2, 0) is 17.3 Å². The Morgan fingerprint density at radius 1 is 1.69 bits per heavy atom. The summed E-state index contributed by atoms with van der Waals surface area (Å²) < 4.78 is 2.31. The highest BCUT2D eigenvalue weighted by atomic mass is 79.9. The van der Waals surface area contributed by atoms with Gasteiger partial charge in [0, 0.05) is 13.2 Å². The lowest BCUT2D eigenvalue weighted by Gasteiger charge is -2.16. The minimum absolute atomic E-state index is 0.544. The van der Waals surface area contributed by atoms with Crippen molar-refractivity contribution in [1.82, 2.24) is 9.78 Å². The lowest BCUT2D eigenvalue weighted by molar-refractivity contribution is -0.142. The summed E-state index contributed by atoms with van der Waals surface area (Å²) in [6, 6.07) is 0. The third-order valence-corrected chi connectivity index (χ3v) is 2.49. The van der Waals surface area contributed by atoms with E-state index in [1.54, 1.807) is 31.8 Å². The molecule has 4 nitrogen and oxygen atoms in total. The molecule has 0 aromatic carbocycles. The zero-order valence-corrected chi connectivity index (χ0v) is 9.29. The number of hydrogen-bond donors (Lipinski definition) is 1. The van der Waals surface area contributed by atoms with Gasteiger partial charge >= 0.3 is 5.97 Å². The number of halogens is 1. The molecular weight excluding hydrogens is 236 g/mol. The van der Waals surface area contributed by atoms with Crippen LogP contribution < -0.4 is 0 Å². The molecule has 0 atom stereocenters. The van der Waals surface area contributed by atoms with Crippen LogP contribution in [0.5, 0.6) is 0 Å². The lowest BCUT2D eigenvalue weighted by atomic mass is 9.90. The first-order valence-electron chi connectivity index (χ1n) is 3.78.